The maximum atomic E-state index is 12.6. The Hall–Kier alpha value is -2.49. The molecule has 1 aliphatic rings. The highest BCUT2D eigenvalue weighted by Gasteiger charge is 2.34. The Labute approximate surface area is 123 Å². The molecule has 0 radical (unpaired) electrons. The van der Waals surface area contributed by atoms with E-state index in [2.05, 4.69) is 0 Å². The Bertz CT molecular complexity index is 696. The Kier molecular flexibility index (Phi) is 3.29. The quantitative estimate of drug-likeness (QED) is 0.866. The van der Waals surface area contributed by atoms with Crippen LogP contribution >= 0.6 is 0 Å². The Morgan fingerprint density at radius 1 is 1.00 bits per heavy atom. The molecule has 108 valence electrons. The van der Waals surface area contributed by atoms with Crippen LogP contribution in [0.15, 0.2) is 42.5 Å². The molecular weight excluding hydrogens is 266 g/mol. The van der Waals surface area contributed by atoms with Gasteiger partial charge in [0.1, 0.15) is 0 Å². The lowest BCUT2D eigenvalue weighted by Crippen LogP contribution is -2.26. The summed E-state index contributed by atoms with van der Waals surface area (Å²) in [5.74, 6) is 1.29. The Morgan fingerprint density at radius 3 is 2.38 bits per heavy atom. The van der Waals surface area contributed by atoms with Gasteiger partial charge in [-0.15, -0.1) is 0 Å². The van der Waals surface area contributed by atoms with E-state index in [1.807, 2.05) is 49.4 Å². The fourth-order valence-corrected chi connectivity index (χ4v) is 2.82. The van der Waals surface area contributed by atoms with Gasteiger partial charge in [-0.1, -0.05) is 18.2 Å². The SMILES string of the molecule is COc1ccc(N2C(=O)c3ccccc3C2C)cc1OC. The molecule has 1 amide bonds. The van der Waals surface area contributed by atoms with Crippen molar-refractivity contribution in [3.05, 3.63) is 53.6 Å². The van der Waals surface area contributed by atoms with Gasteiger partial charge in [-0.2, -0.15) is 0 Å². The molecule has 0 bridgehead atoms. The summed E-state index contributed by atoms with van der Waals surface area (Å²) in [7, 11) is 3.18. The molecule has 0 aliphatic carbocycles. The largest absolute Gasteiger partial charge is 0.493 e. The highest BCUT2D eigenvalue weighted by atomic mass is 16.5. The number of nitrogens with zero attached hydrogens (tertiary/aromatic N) is 1. The minimum absolute atomic E-state index is 0.00630. The van der Waals surface area contributed by atoms with Gasteiger partial charge >= 0.3 is 0 Å². The summed E-state index contributed by atoms with van der Waals surface area (Å²) in [4.78, 5) is 14.4. The third-order valence-corrected chi connectivity index (χ3v) is 3.89. The number of carbonyl (C=O) groups is 1. The second kappa shape index (κ2) is 5.13. The molecule has 2 aromatic rings. The fourth-order valence-electron chi connectivity index (χ4n) is 2.82. The first-order chi connectivity index (χ1) is 10.2. The lowest BCUT2D eigenvalue weighted by Gasteiger charge is -2.23. The highest BCUT2D eigenvalue weighted by Crippen LogP contribution is 2.40. The number of hydrogen-bond acceptors (Lipinski definition) is 3. The summed E-state index contributed by atoms with van der Waals surface area (Å²) in [5, 5.41) is 0. The summed E-state index contributed by atoms with van der Waals surface area (Å²) in [6.07, 6.45) is 0. The summed E-state index contributed by atoms with van der Waals surface area (Å²) in [5.41, 5.74) is 2.62. The van der Waals surface area contributed by atoms with Gasteiger partial charge in [0, 0.05) is 17.3 Å². The second-order valence-corrected chi connectivity index (χ2v) is 4.98. The van der Waals surface area contributed by atoms with Crippen molar-refractivity contribution in [2.45, 2.75) is 13.0 Å². The average Bonchev–Trinajstić information content (AvgIpc) is 2.78. The number of anilines is 1. The van der Waals surface area contributed by atoms with Crippen molar-refractivity contribution >= 4 is 11.6 Å². The van der Waals surface area contributed by atoms with Crippen molar-refractivity contribution < 1.29 is 14.3 Å². The van der Waals surface area contributed by atoms with Crippen LogP contribution in [0.4, 0.5) is 5.69 Å². The van der Waals surface area contributed by atoms with Crippen LogP contribution in [0, 0.1) is 0 Å². The van der Waals surface area contributed by atoms with Gasteiger partial charge in [0.2, 0.25) is 0 Å². The van der Waals surface area contributed by atoms with Crippen molar-refractivity contribution in [3.8, 4) is 11.5 Å². The van der Waals surface area contributed by atoms with Gasteiger partial charge < -0.3 is 14.4 Å². The van der Waals surface area contributed by atoms with Crippen LogP contribution in [-0.4, -0.2) is 20.1 Å². The van der Waals surface area contributed by atoms with E-state index >= 15 is 0 Å². The number of rotatable bonds is 3. The lowest BCUT2D eigenvalue weighted by atomic mass is 10.1. The van der Waals surface area contributed by atoms with E-state index in [0.717, 1.165) is 16.8 Å². The molecule has 3 rings (SSSR count). The molecule has 0 saturated heterocycles. The van der Waals surface area contributed by atoms with E-state index in [1.54, 1.807) is 19.1 Å². The fraction of sp³-hybridized carbons (Fsp3) is 0.235. The number of carbonyl (C=O) groups excluding carboxylic acids is 1. The molecule has 21 heavy (non-hydrogen) atoms. The van der Waals surface area contributed by atoms with E-state index in [1.165, 1.54) is 0 Å². The minimum atomic E-state index is 0.00630. The topological polar surface area (TPSA) is 38.8 Å². The van der Waals surface area contributed by atoms with Gasteiger partial charge in [-0.3, -0.25) is 4.79 Å². The monoisotopic (exact) mass is 283 g/mol. The van der Waals surface area contributed by atoms with Crippen LogP contribution in [0.1, 0.15) is 28.9 Å². The van der Waals surface area contributed by atoms with Crippen LogP contribution in [0.25, 0.3) is 0 Å². The second-order valence-electron chi connectivity index (χ2n) is 4.98. The number of ether oxygens (including phenoxy) is 2. The molecular formula is C17H17NO3. The molecule has 1 aliphatic heterocycles. The summed E-state index contributed by atoms with van der Waals surface area (Å²) < 4.78 is 10.6. The number of amides is 1. The average molecular weight is 283 g/mol. The number of methoxy groups -OCH3 is 2. The van der Waals surface area contributed by atoms with Crippen LogP contribution in [0.5, 0.6) is 11.5 Å². The summed E-state index contributed by atoms with van der Waals surface area (Å²) >= 11 is 0. The maximum absolute atomic E-state index is 12.6. The van der Waals surface area contributed by atoms with Crippen molar-refractivity contribution in [3.63, 3.8) is 0 Å². The van der Waals surface area contributed by atoms with Gasteiger partial charge in [-0.05, 0) is 30.7 Å². The third kappa shape index (κ3) is 2.03. The molecule has 0 N–H and O–H groups in total. The summed E-state index contributed by atoms with van der Waals surface area (Å²) in [6, 6.07) is 13.3. The van der Waals surface area contributed by atoms with Gasteiger partial charge in [0.05, 0.1) is 20.3 Å². The molecule has 2 aromatic carbocycles. The zero-order valence-corrected chi connectivity index (χ0v) is 12.3. The molecule has 0 aromatic heterocycles. The zero-order chi connectivity index (χ0) is 15.0. The smallest absolute Gasteiger partial charge is 0.259 e. The first-order valence-corrected chi connectivity index (χ1v) is 6.82. The number of hydrogen-bond donors (Lipinski definition) is 0. The molecule has 1 atom stereocenters. The predicted octanol–water partition coefficient (Wildman–Crippen LogP) is 3.43. The molecule has 4 nitrogen and oxygen atoms in total. The number of benzene rings is 2. The van der Waals surface area contributed by atoms with Crippen LogP contribution in [0.3, 0.4) is 0 Å². The standard InChI is InChI=1S/C17H17NO3/c1-11-13-6-4-5-7-14(13)17(19)18(11)12-8-9-15(20-2)16(10-12)21-3/h4-11H,1-3H3. The van der Waals surface area contributed by atoms with Crippen molar-refractivity contribution in [2.24, 2.45) is 0 Å². The maximum Gasteiger partial charge on any atom is 0.259 e. The molecule has 0 fully saturated rings. The first kappa shape index (κ1) is 13.5. The highest BCUT2D eigenvalue weighted by molar-refractivity contribution is 6.11. The van der Waals surface area contributed by atoms with Gasteiger partial charge in [0.15, 0.2) is 11.5 Å². The van der Waals surface area contributed by atoms with E-state index < -0.39 is 0 Å². The molecule has 4 heteroatoms. The van der Waals surface area contributed by atoms with Crippen LogP contribution < -0.4 is 14.4 Å². The van der Waals surface area contributed by atoms with Crippen LogP contribution in [0.2, 0.25) is 0 Å². The normalized spacial score (nSPS) is 16.8. The molecule has 1 heterocycles. The van der Waals surface area contributed by atoms with Crippen molar-refractivity contribution in [1.29, 1.82) is 0 Å². The summed E-state index contributed by atoms with van der Waals surface area (Å²) in [6.45, 7) is 2.03. The van der Waals surface area contributed by atoms with E-state index in [9.17, 15) is 4.79 Å². The zero-order valence-electron chi connectivity index (χ0n) is 12.3. The number of fused-ring (bicyclic) bond motifs is 1. The molecule has 0 saturated carbocycles. The Morgan fingerprint density at radius 2 is 1.71 bits per heavy atom. The van der Waals surface area contributed by atoms with Crippen molar-refractivity contribution in [2.75, 3.05) is 19.1 Å². The third-order valence-electron chi connectivity index (χ3n) is 3.89. The van der Waals surface area contributed by atoms with Gasteiger partial charge in [-0.25, -0.2) is 0 Å². The van der Waals surface area contributed by atoms with Gasteiger partial charge in [0.25, 0.3) is 5.91 Å². The van der Waals surface area contributed by atoms with Crippen LogP contribution in [-0.2, 0) is 0 Å². The Balaban J connectivity index is 2.05. The van der Waals surface area contributed by atoms with E-state index in [4.69, 9.17) is 9.47 Å². The minimum Gasteiger partial charge on any atom is -0.493 e. The first-order valence-electron chi connectivity index (χ1n) is 6.82. The van der Waals surface area contributed by atoms with Crippen molar-refractivity contribution in [1.82, 2.24) is 0 Å². The molecule has 1 unspecified atom stereocenters. The van der Waals surface area contributed by atoms with E-state index in [-0.39, 0.29) is 11.9 Å². The molecule has 0 spiro atoms. The predicted molar refractivity (Wildman–Crippen MR) is 81.2 cm³/mol. The van der Waals surface area contributed by atoms with E-state index in [0.29, 0.717) is 11.5 Å². The lowest BCUT2D eigenvalue weighted by molar-refractivity contribution is 0.0992.